The number of ether oxygens (including phenoxy) is 1. The number of carboxylic acid groups (broad SMARTS) is 1. The summed E-state index contributed by atoms with van der Waals surface area (Å²) in [6.07, 6.45) is -1.10. The molecule has 0 heterocycles. The van der Waals surface area contributed by atoms with E-state index in [4.69, 9.17) is 21.4 Å². The maximum absolute atomic E-state index is 11.8. The maximum atomic E-state index is 11.8. The van der Waals surface area contributed by atoms with E-state index in [1.54, 1.807) is 39.0 Å². The molecule has 0 aromatic heterocycles. The molecule has 1 aromatic rings. The highest BCUT2D eigenvalue weighted by atomic mass is 35.5. The zero-order chi connectivity index (χ0) is 17.4. The molecule has 7 heteroatoms. The summed E-state index contributed by atoms with van der Waals surface area (Å²) in [5, 5.41) is 22.0. The molecule has 1 fully saturated rings. The topological polar surface area (TPSA) is 95.9 Å². The second-order valence-corrected chi connectivity index (χ2v) is 7.13. The Morgan fingerprint density at radius 1 is 1.35 bits per heavy atom. The summed E-state index contributed by atoms with van der Waals surface area (Å²) >= 11 is 6.16. The van der Waals surface area contributed by atoms with Gasteiger partial charge in [0.2, 0.25) is 0 Å². The Balaban J connectivity index is 2.24. The second-order valence-electron chi connectivity index (χ2n) is 6.72. The van der Waals surface area contributed by atoms with Crippen molar-refractivity contribution >= 4 is 29.4 Å². The minimum absolute atomic E-state index is 0.359. The lowest BCUT2D eigenvalue weighted by Gasteiger charge is -2.22. The number of carbonyl (C=O) groups excluding carboxylic acids is 1. The van der Waals surface area contributed by atoms with Gasteiger partial charge in [0.25, 0.3) is 0 Å². The molecule has 1 aliphatic rings. The Bertz CT molecular complexity index is 634. The monoisotopic (exact) mass is 341 g/mol. The van der Waals surface area contributed by atoms with Crippen LogP contribution in [0.1, 0.15) is 39.2 Å². The minimum Gasteiger partial charge on any atom is -0.479 e. The number of aliphatic hydroxyl groups is 1. The number of hydrogen-bond donors (Lipinski definition) is 3. The van der Waals surface area contributed by atoms with Crippen LogP contribution in [0.25, 0.3) is 0 Å². The van der Waals surface area contributed by atoms with E-state index < -0.39 is 29.2 Å². The molecular weight excluding hydrogens is 322 g/mol. The first-order valence-corrected chi connectivity index (χ1v) is 7.64. The van der Waals surface area contributed by atoms with Crippen LogP contribution in [0.3, 0.4) is 0 Å². The Morgan fingerprint density at radius 3 is 2.43 bits per heavy atom. The smallest absolute Gasteiger partial charge is 0.412 e. The van der Waals surface area contributed by atoms with Gasteiger partial charge in [0.15, 0.2) is 6.10 Å². The normalized spacial score (nSPS) is 17.3. The molecule has 0 saturated heterocycles. The zero-order valence-corrected chi connectivity index (χ0v) is 14.0. The number of halogens is 1. The van der Waals surface area contributed by atoms with Crippen LogP contribution in [-0.4, -0.2) is 34.0 Å². The van der Waals surface area contributed by atoms with Gasteiger partial charge in [0.05, 0.1) is 0 Å². The van der Waals surface area contributed by atoms with Crippen LogP contribution in [0.5, 0.6) is 0 Å². The first-order chi connectivity index (χ1) is 10.5. The van der Waals surface area contributed by atoms with Crippen molar-refractivity contribution in [1.82, 2.24) is 0 Å². The maximum Gasteiger partial charge on any atom is 0.412 e. The summed E-state index contributed by atoms with van der Waals surface area (Å²) in [7, 11) is 0. The van der Waals surface area contributed by atoms with Crippen molar-refractivity contribution in [3.8, 4) is 0 Å². The standard InChI is InChI=1S/C16H20ClNO5/c1-15(2,3)23-14(22)18-9-4-5-11(17)10(8-9)16(6-7-16)12(19)13(20)21/h4-5,8,12,19H,6-7H2,1-3H3,(H,18,22)(H,20,21). The van der Waals surface area contributed by atoms with Gasteiger partial charge >= 0.3 is 12.1 Å². The number of hydrogen-bond acceptors (Lipinski definition) is 4. The highest BCUT2D eigenvalue weighted by molar-refractivity contribution is 6.31. The van der Waals surface area contributed by atoms with Crippen LogP contribution >= 0.6 is 11.6 Å². The summed E-state index contributed by atoms with van der Waals surface area (Å²) < 4.78 is 5.17. The van der Waals surface area contributed by atoms with E-state index in [-0.39, 0.29) is 0 Å². The molecule has 126 valence electrons. The van der Waals surface area contributed by atoms with Crippen LogP contribution in [-0.2, 0) is 14.9 Å². The molecule has 0 aliphatic heterocycles. The fourth-order valence-electron chi connectivity index (χ4n) is 2.47. The van der Waals surface area contributed by atoms with Gasteiger partial charge in [-0.1, -0.05) is 11.6 Å². The van der Waals surface area contributed by atoms with Gasteiger partial charge in [-0.05, 0) is 57.4 Å². The van der Waals surface area contributed by atoms with Gasteiger partial charge < -0.3 is 14.9 Å². The van der Waals surface area contributed by atoms with Crippen molar-refractivity contribution in [2.75, 3.05) is 5.32 Å². The number of anilines is 1. The van der Waals surface area contributed by atoms with Crippen molar-refractivity contribution in [2.24, 2.45) is 0 Å². The molecule has 23 heavy (non-hydrogen) atoms. The Morgan fingerprint density at radius 2 is 1.96 bits per heavy atom. The molecule has 1 atom stereocenters. The van der Waals surface area contributed by atoms with Crippen molar-refractivity contribution in [3.63, 3.8) is 0 Å². The molecule has 0 radical (unpaired) electrons. The van der Waals surface area contributed by atoms with Gasteiger partial charge in [0, 0.05) is 16.1 Å². The minimum atomic E-state index is -1.53. The Hall–Kier alpha value is -1.79. The quantitative estimate of drug-likeness (QED) is 0.781. The van der Waals surface area contributed by atoms with Crippen LogP contribution in [0.2, 0.25) is 5.02 Å². The van der Waals surface area contributed by atoms with Crippen LogP contribution < -0.4 is 5.32 Å². The van der Waals surface area contributed by atoms with Gasteiger partial charge in [-0.15, -0.1) is 0 Å². The third-order valence-corrected chi connectivity index (χ3v) is 4.02. The number of carbonyl (C=O) groups is 2. The number of nitrogens with one attached hydrogen (secondary N) is 1. The number of aliphatic carboxylic acids is 1. The lowest BCUT2D eigenvalue weighted by Crippen LogP contribution is -2.34. The van der Waals surface area contributed by atoms with E-state index in [1.165, 1.54) is 0 Å². The van der Waals surface area contributed by atoms with Crippen molar-refractivity contribution in [2.45, 2.75) is 50.7 Å². The number of carboxylic acids is 1. The van der Waals surface area contributed by atoms with Crippen LogP contribution in [0, 0.1) is 0 Å². The number of rotatable bonds is 4. The first-order valence-electron chi connectivity index (χ1n) is 7.26. The van der Waals surface area contributed by atoms with Gasteiger partial charge in [0.1, 0.15) is 5.60 Å². The average molecular weight is 342 g/mol. The Labute approximate surface area is 139 Å². The molecule has 3 N–H and O–H groups in total. The van der Waals surface area contributed by atoms with E-state index in [0.717, 1.165) is 0 Å². The molecular formula is C16H20ClNO5. The highest BCUT2D eigenvalue weighted by Gasteiger charge is 2.54. The number of aliphatic hydroxyl groups excluding tert-OH is 1. The SMILES string of the molecule is CC(C)(C)OC(=O)Nc1ccc(Cl)c(C2(C(O)C(=O)O)CC2)c1. The van der Waals surface area contributed by atoms with Gasteiger partial charge in [-0.3, -0.25) is 5.32 Å². The summed E-state index contributed by atoms with van der Waals surface area (Å²) in [5.74, 6) is -1.29. The molecule has 0 bridgehead atoms. The number of amides is 1. The van der Waals surface area contributed by atoms with Crippen LogP contribution in [0.4, 0.5) is 10.5 Å². The lowest BCUT2D eigenvalue weighted by molar-refractivity contribution is -0.148. The fraction of sp³-hybridized carbons (Fsp3) is 0.500. The highest BCUT2D eigenvalue weighted by Crippen LogP contribution is 2.53. The summed E-state index contributed by atoms with van der Waals surface area (Å²) in [6.45, 7) is 5.26. The fourth-order valence-corrected chi connectivity index (χ4v) is 2.77. The van der Waals surface area contributed by atoms with Crippen molar-refractivity contribution in [3.05, 3.63) is 28.8 Å². The molecule has 1 unspecified atom stereocenters. The van der Waals surface area contributed by atoms with Crippen LogP contribution in [0.15, 0.2) is 18.2 Å². The molecule has 1 saturated carbocycles. The first kappa shape index (κ1) is 17.6. The van der Waals surface area contributed by atoms with E-state index in [0.29, 0.717) is 29.1 Å². The van der Waals surface area contributed by atoms with E-state index in [2.05, 4.69) is 5.32 Å². The van der Waals surface area contributed by atoms with E-state index in [9.17, 15) is 14.7 Å². The summed E-state index contributed by atoms with van der Waals surface area (Å²) in [4.78, 5) is 22.9. The van der Waals surface area contributed by atoms with E-state index in [1.807, 2.05) is 0 Å². The third-order valence-electron chi connectivity index (χ3n) is 3.69. The van der Waals surface area contributed by atoms with Gasteiger partial charge in [-0.2, -0.15) is 0 Å². The molecule has 1 amide bonds. The molecule has 2 rings (SSSR count). The predicted octanol–water partition coefficient (Wildman–Crippen LogP) is 3.16. The van der Waals surface area contributed by atoms with E-state index >= 15 is 0 Å². The summed E-state index contributed by atoms with van der Waals surface area (Å²) in [6, 6.07) is 4.75. The molecule has 0 spiro atoms. The van der Waals surface area contributed by atoms with Crippen molar-refractivity contribution in [1.29, 1.82) is 0 Å². The predicted molar refractivity (Wildman–Crippen MR) is 85.9 cm³/mol. The molecule has 1 aromatic carbocycles. The lowest BCUT2D eigenvalue weighted by atomic mass is 9.89. The number of benzene rings is 1. The third kappa shape index (κ3) is 3.95. The Kier molecular flexibility index (Phi) is 4.59. The largest absolute Gasteiger partial charge is 0.479 e. The second kappa shape index (κ2) is 6.02. The molecule has 1 aliphatic carbocycles. The summed E-state index contributed by atoms with van der Waals surface area (Å²) in [5.41, 5.74) is -0.574. The van der Waals surface area contributed by atoms with Crippen molar-refractivity contribution < 1.29 is 24.5 Å². The zero-order valence-electron chi connectivity index (χ0n) is 13.2. The van der Waals surface area contributed by atoms with Gasteiger partial charge in [-0.25, -0.2) is 9.59 Å². The molecule has 6 nitrogen and oxygen atoms in total. The average Bonchev–Trinajstić information content (AvgIpc) is 3.19.